The Kier molecular flexibility index (Phi) is 3.09. The summed E-state index contributed by atoms with van der Waals surface area (Å²) in [6.45, 7) is 4.04. The number of aromatic nitrogens is 2. The van der Waals surface area contributed by atoms with Crippen LogP contribution >= 0.6 is 15.9 Å². The van der Waals surface area contributed by atoms with E-state index in [2.05, 4.69) is 20.9 Å². The van der Waals surface area contributed by atoms with Crippen molar-refractivity contribution in [1.29, 1.82) is 0 Å². The van der Waals surface area contributed by atoms with Gasteiger partial charge in [-0.05, 0) is 40.4 Å². The van der Waals surface area contributed by atoms with E-state index in [-0.39, 0.29) is 0 Å². The molecule has 0 bridgehead atoms. The number of hydrogen-bond acceptors (Lipinski definition) is 3. The van der Waals surface area contributed by atoms with Crippen molar-refractivity contribution in [1.82, 2.24) is 9.38 Å². The molecule has 0 N–H and O–H groups in total. The molecule has 2 aromatic heterocycles. The van der Waals surface area contributed by atoms with Crippen LogP contribution in [-0.4, -0.2) is 21.0 Å². The Balaban J connectivity index is 2.30. The van der Waals surface area contributed by atoms with Crippen molar-refractivity contribution in [3.05, 3.63) is 41.4 Å². The molecule has 5 heteroatoms. The van der Waals surface area contributed by atoms with Crippen LogP contribution in [0.2, 0.25) is 0 Å². The summed E-state index contributed by atoms with van der Waals surface area (Å²) < 4.78 is 2.32. The Morgan fingerprint density at radius 2 is 2.00 bits per heavy atom. The van der Waals surface area contributed by atoms with Crippen LogP contribution in [0.1, 0.15) is 36.5 Å². The number of pyridine rings is 1. The number of hydrogen-bond donors (Lipinski definition) is 0. The highest BCUT2D eigenvalue weighted by Crippen LogP contribution is 2.36. The monoisotopic (exact) mass is 332 g/mol. The molecule has 3 rings (SSSR count). The number of ketones is 2. The minimum absolute atomic E-state index is 0.299. The lowest BCUT2D eigenvalue weighted by Crippen LogP contribution is -2.24. The van der Waals surface area contributed by atoms with E-state index in [9.17, 15) is 9.59 Å². The maximum Gasteiger partial charge on any atom is 0.252 e. The van der Waals surface area contributed by atoms with Crippen LogP contribution in [0.5, 0.6) is 0 Å². The van der Waals surface area contributed by atoms with Gasteiger partial charge in [0.1, 0.15) is 17.0 Å². The summed E-state index contributed by atoms with van der Waals surface area (Å²) in [6.07, 6.45) is 2.32. The molecular formula is C15H13BrN2O2. The Bertz CT molecular complexity index is 771. The lowest BCUT2D eigenvalue weighted by Gasteiger charge is -2.16. The zero-order chi connectivity index (χ0) is 14.4. The fourth-order valence-electron chi connectivity index (χ4n) is 2.44. The Morgan fingerprint density at radius 1 is 1.25 bits per heavy atom. The molecule has 0 amide bonds. The molecule has 0 spiro atoms. The summed E-state index contributed by atoms with van der Waals surface area (Å²) in [5, 5.41) is 0. The van der Waals surface area contributed by atoms with Crippen molar-refractivity contribution in [2.24, 2.45) is 5.92 Å². The highest BCUT2D eigenvalue weighted by Gasteiger charge is 2.35. The van der Waals surface area contributed by atoms with Crippen LogP contribution in [0.4, 0.5) is 0 Å². The van der Waals surface area contributed by atoms with Gasteiger partial charge in [-0.2, -0.15) is 0 Å². The molecule has 20 heavy (non-hydrogen) atoms. The average Bonchev–Trinajstić information content (AvgIpc) is 2.80. The van der Waals surface area contributed by atoms with Crippen molar-refractivity contribution >= 4 is 37.6 Å². The lowest BCUT2D eigenvalue weighted by atomic mass is 9.91. The quantitative estimate of drug-likeness (QED) is 0.793. The predicted molar refractivity (Wildman–Crippen MR) is 79.8 cm³/mol. The topological polar surface area (TPSA) is 51.4 Å². The van der Waals surface area contributed by atoms with E-state index in [4.69, 9.17) is 0 Å². The number of carbonyl (C=O) groups is 2. The van der Waals surface area contributed by atoms with Crippen LogP contribution in [-0.2, 0) is 4.79 Å². The summed E-state index contributed by atoms with van der Waals surface area (Å²) >= 11 is 3.46. The maximum absolute atomic E-state index is 12.4. The number of Topliss-reactive ketones (excluding diaryl/α,β-unsaturated/α-hetero) is 2. The third kappa shape index (κ3) is 1.85. The minimum Gasteiger partial charge on any atom is -0.296 e. The zero-order valence-electron chi connectivity index (χ0n) is 11.2. The van der Waals surface area contributed by atoms with E-state index >= 15 is 0 Å². The van der Waals surface area contributed by atoms with E-state index in [0.717, 1.165) is 0 Å². The van der Waals surface area contributed by atoms with Gasteiger partial charge in [0, 0.05) is 11.8 Å². The van der Waals surface area contributed by atoms with Crippen molar-refractivity contribution < 1.29 is 9.59 Å². The smallest absolute Gasteiger partial charge is 0.252 e. The second kappa shape index (κ2) is 4.66. The van der Waals surface area contributed by atoms with Gasteiger partial charge in [0.05, 0.1) is 4.48 Å². The van der Waals surface area contributed by atoms with Gasteiger partial charge in [-0.1, -0.05) is 19.9 Å². The molecule has 2 aromatic rings. The molecule has 1 aliphatic rings. The number of carbonyl (C=O) groups excluding carboxylic acids is 2. The molecule has 0 saturated heterocycles. The van der Waals surface area contributed by atoms with Gasteiger partial charge in [-0.15, -0.1) is 0 Å². The molecular weight excluding hydrogens is 320 g/mol. The van der Waals surface area contributed by atoms with Gasteiger partial charge in [-0.25, -0.2) is 4.98 Å². The van der Waals surface area contributed by atoms with Gasteiger partial charge in [-0.3, -0.25) is 14.0 Å². The summed E-state index contributed by atoms with van der Waals surface area (Å²) in [5.41, 5.74) is 2.11. The SMILES string of the molecule is CC(C)CC1=C(Br)c2nc3ccccn3c2C(=O)C1=O. The number of nitrogens with zero attached hydrogens (tertiary/aromatic N) is 2. The highest BCUT2D eigenvalue weighted by molar-refractivity contribution is 9.15. The first-order valence-corrected chi connectivity index (χ1v) is 7.25. The summed E-state index contributed by atoms with van der Waals surface area (Å²) in [7, 11) is 0. The largest absolute Gasteiger partial charge is 0.296 e. The van der Waals surface area contributed by atoms with E-state index in [1.165, 1.54) is 0 Å². The molecule has 1 aliphatic carbocycles. The van der Waals surface area contributed by atoms with Crippen LogP contribution < -0.4 is 0 Å². The minimum atomic E-state index is -0.474. The van der Waals surface area contributed by atoms with Gasteiger partial charge in [0.15, 0.2) is 0 Å². The first-order valence-electron chi connectivity index (χ1n) is 6.46. The molecule has 4 nitrogen and oxygen atoms in total. The Labute approximate surface area is 124 Å². The fourth-order valence-corrected chi connectivity index (χ4v) is 3.06. The standard InChI is InChI=1S/C15H13BrN2O2/c1-8(2)7-9-11(16)12-13(15(20)14(9)19)18-6-4-3-5-10(18)17-12/h3-6,8H,7H2,1-2H3. The van der Waals surface area contributed by atoms with Crippen molar-refractivity contribution in [3.8, 4) is 0 Å². The van der Waals surface area contributed by atoms with Crippen LogP contribution in [0.3, 0.4) is 0 Å². The third-order valence-corrected chi connectivity index (χ3v) is 4.16. The summed E-state index contributed by atoms with van der Waals surface area (Å²) in [6, 6.07) is 5.49. The number of fused-ring (bicyclic) bond motifs is 3. The normalized spacial score (nSPS) is 15.4. The molecule has 0 fully saturated rings. The molecule has 2 heterocycles. The second-order valence-electron chi connectivity index (χ2n) is 5.29. The lowest BCUT2D eigenvalue weighted by molar-refractivity contribution is -0.112. The fraction of sp³-hybridized carbons (Fsp3) is 0.267. The number of imidazole rings is 1. The molecule has 0 unspecified atom stereocenters. The van der Waals surface area contributed by atoms with Gasteiger partial charge in [0.2, 0.25) is 5.78 Å². The van der Waals surface area contributed by atoms with Crippen molar-refractivity contribution in [3.63, 3.8) is 0 Å². The Hall–Kier alpha value is -1.75. The molecule has 0 aliphatic heterocycles. The van der Waals surface area contributed by atoms with Crippen LogP contribution in [0.15, 0.2) is 30.0 Å². The summed E-state index contributed by atoms with van der Waals surface area (Å²) in [4.78, 5) is 29.1. The molecule has 0 atom stereocenters. The molecule has 102 valence electrons. The molecule has 0 aromatic carbocycles. The third-order valence-electron chi connectivity index (χ3n) is 3.31. The molecule has 0 radical (unpaired) electrons. The van der Waals surface area contributed by atoms with Crippen molar-refractivity contribution in [2.45, 2.75) is 20.3 Å². The first kappa shape index (κ1) is 13.2. The van der Waals surface area contributed by atoms with E-state index in [0.29, 0.717) is 39.4 Å². The molecule has 0 saturated carbocycles. The van der Waals surface area contributed by atoms with Gasteiger partial charge >= 0.3 is 0 Å². The maximum atomic E-state index is 12.4. The van der Waals surface area contributed by atoms with Crippen molar-refractivity contribution in [2.75, 3.05) is 0 Å². The van der Waals surface area contributed by atoms with Gasteiger partial charge < -0.3 is 0 Å². The average molecular weight is 333 g/mol. The Morgan fingerprint density at radius 3 is 2.70 bits per heavy atom. The van der Waals surface area contributed by atoms with E-state index in [1.807, 2.05) is 32.0 Å². The first-order chi connectivity index (χ1) is 9.50. The summed E-state index contributed by atoms with van der Waals surface area (Å²) in [5.74, 6) is -0.603. The van der Waals surface area contributed by atoms with Crippen LogP contribution in [0.25, 0.3) is 10.1 Å². The van der Waals surface area contributed by atoms with E-state index < -0.39 is 11.6 Å². The number of allylic oxidation sites excluding steroid dienone is 1. The zero-order valence-corrected chi connectivity index (χ0v) is 12.8. The van der Waals surface area contributed by atoms with E-state index in [1.54, 1.807) is 10.6 Å². The van der Waals surface area contributed by atoms with Gasteiger partial charge in [0.25, 0.3) is 5.78 Å². The number of halogens is 1. The number of rotatable bonds is 2. The second-order valence-corrected chi connectivity index (χ2v) is 6.08. The predicted octanol–water partition coefficient (Wildman–Crippen LogP) is 3.25. The van der Waals surface area contributed by atoms with Crippen LogP contribution in [0, 0.1) is 5.92 Å². The highest BCUT2D eigenvalue weighted by atomic mass is 79.9.